The van der Waals surface area contributed by atoms with Gasteiger partial charge >= 0.3 is 5.97 Å². The zero-order valence-electron chi connectivity index (χ0n) is 10.5. The first-order valence-corrected chi connectivity index (χ1v) is 5.60. The van der Waals surface area contributed by atoms with Gasteiger partial charge < -0.3 is 15.0 Å². The van der Waals surface area contributed by atoms with Crippen molar-refractivity contribution in [3.8, 4) is 0 Å². The number of nitrogens with one attached hydrogen (secondary N) is 1. The average Bonchev–Trinajstić information content (AvgIpc) is 2.78. The van der Waals surface area contributed by atoms with Crippen LogP contribution in [0.4, 0.5) is 5.69 Å². The number of carbonyl (C=O) groups excluding carboxylic acids is 1. The van der Waals surface area contributed by atoms with Gasteiger partial charge in [-0.15, -0.1) is 0 Å². The van der Waals surface area contributed by atoms with Gasteiger partial charge in [0, 0.05) is 18.9 Å². The van der Waals surface area contributed by atoms with Gasteiger partial charge in [0.25, 0.3) is 5.91 Å². The fourth-order valence-corrected chi connectivity index (χ4v) is 1.65. The van der Waals surface area contributed by atoms with E-state index in [1.165, 1.54) is 18.5 Å². The molecule has 0 aliphatic heterocycles. The maximum absolute atomic E-state index is 11.9. The Morgan fingerprint density at radius 3 is 2.63 bits per heavy atom. The Labute approximate surface area is 109 Å². The number of benzene rings is 1. The summed E-state index contributed by atoms with van der Waals surface area (Å²) in [6, 6.07) is 4.53. The summed E-state index contributed by atoms with van der Waals surface area (Å²) in [5.74, 6) is -1.32. The minimum atomic E-state index is -0.995. The van der Waals surface area contributed by atoms with E-state index in [4.69, 9.17) is 5.11 Å². The van der Waals surface area contributed by atoms with E-state index in [2.05, 4.69) is 10.3 Å². The highest BCUT2D eigenvalue weighted by atomic mass is 16.4. The molecule has 1 aromatic carbocycles. The van der Waals surface area contributed by atoms with E-state index in [-0.39, 0.29) is 11.5 Å². The van der Waals surface area contributed by atoms with Gasteiger partial charge in [-0.1, -0.05) is 0 Å². The molecule has 0 saturated carbocycles. The molecule has 6 heteroatoms. The molecule has 0 bridgehead atoms. The first kappa shape index (κ1) is 12.8. The normalized spacial score (nSPS) is 10.2. The molecular weight excluding hydrogens is 246 g/mol. The summed E-state index contributed by atoms with van der Waals surface area (Å²) in [7, 11) is 1.77. The van der Waals surface area contributed by atoms with Crippen molar-refractivity contribution in [2.45, 2.75) is 6.92 Å². The molecule has 0 fully saturated rings. The highest BCUT2D eigenvalue weighted by molar-refractivity contribution is 6.03. The molecule has 6 nitrogen and oxygen atoms in total. The quantitative estimate of drug-likeness (QED) is 0.878. The molecule has 0 radical (unpaired) electrons. The van der Waals surface area contributed by atoms with Crippen LogP contribution < -0.4 is 5.32 Å². The number of nitrogens with zero attached hydrogens (tertiary/aromatic N) is 2. The number of carboxylic acid groups (broad SMARTS) is 1. The molecular formula is C13H13N3O3. The molecule has 0 saturated heterocycles. The number of carboxylic acids is 1. The van der Waals surface area contributed by atoms with Gasteiger partial charge in [-0.3, -0.25) is 4.79 Å². The largest absolute Gasteiger partial charge is 0.478 e. The second-order valence-electron chi connectivity index (χ2n) is 4.21. The zero-order chi connectivity index (χ0) is 14.0. The Kier molecular flexibility index (Phi) is 3.33. The molecule has 2 N–H and O–H groups in total. The van der Waals surface area contributed by atoms with Crippen LogP contribution in [0.2, 0.25) is 0 Å². The van der Waals surface area contributed by atoms with E-state index < -0.39 is 5.97 Å². The monoisotopic (exact) mass is 259 g/mol. The number of hydrogen-bond donors (Lipinski definition) is 2. The fourth-order valence-electron chi connectivity index (χ4n) is 1.65. The van der Waals surface area contributed by atoms with Gasteiger partial charge in [-0.05, 0) is 30.7 Å². The number of carbonyl (C=O) groups is 2. The molecule has 1 aromatic heterocycles. The highest BCUT2D eigenvalue weighted by Gasteiger charge is 2.11. The van der Waals surface area contributed by atoms with Gasteiger partial charge in [-0.25, -0.2) is 9.78 Å². The van der Waals surface area contributed by atoms with Crippen molar-refractivity contribution in [2.24, 2.45) is 7.05 Å². The number of imidazole rings is 1. The standard InChI is InChI=1S/C13H13N3O3/c1-8-5-9(13(18)19)3-4-10(8)15-12(17)11-6-16(2)7-14-11/h3-7H,1-2H3,(H,15,17)(H,18,19). The van der Waals surface area contributed by atoms with Crippen LogP contribution in [0.3, 0.4) is 0 Å². The van der Waals surface area contributed by atoms with Crippen molar-refractivity contribution in [2.75, 3.05) is 5.32 Å². The SMILES string of the molecule is Cc1cc(C(=O)O)ccc1NC(=O)c1cn(C)cn1. The van der Waals surface area contributed by atoms with E-state index in [0.717, 1.165) is 0 Å². The lowest BCUT2D eigenvalue weighted by Crippen LogP contribution is -2.13. The van der Waals surface area contributed by atoms with Gasteiger partial charge in [-0.2, -0.15) is 0 Å². The summed E-state index contributed by atoms with van der Waals surface area (Å²) < 4.78 is 1.68. The first-order valence-electron chi connectivity index (χ1n) is 5.60. The highest BCUT2D eigenvalue weighted by Crippen LogP contribution is 2.17. The van der Waals surface area contributed by atoms with Crippen LogP contribution in [-0.2, 0) is 7.05 Å². The smallest absolute Gasteiger partial charge is 0.335 e. The summed E-state index contributed by atoms with van der Waals surface area (Å²) in [5, 5.41) is 11.6. The third-order valence-corrected chi connectivity index (χ3v) is 2.66. The van der Waals surface area contributed by atoms with Gasteiger partial charge in [0.2, 0.25) is 0 Å². The van der Waals surface area contributed by atoms with Crippen LogP contribution in [0, 0.1) is 6.92 Å². The molecule has 0 spiro atoms. The van der Waals surface area contributed by atoms with Crippen LogP contribution >= 0.6 is 0 Å². The van der Waals surface area contributed by atoms with Crippen molar-refractivity contribution < 1.29 is 14.7 Å². The lowest BCUT2D eigenvalue weighted by molar-refractivity contribution is 0.0696. The summed E-state index contributed by atoms with van der Waals surface area (Å²) in [6.45, 7) is 1.74. The number of aromatic carboxylic acids is 1. The Hall–Kier alpha value is -2.63. The molecule has 19 heavy (non-hydrogen) atoms. The molecule has 0 atom stereocenters. The van der Waals surface area contributed by atoms with Crippen molar-refractivity contribution >= 4 is 17.6 Å². The maximum Gasteiger partial charge on any atom is 0.335 e. The number of aryl methyl sites for hydroxylation is 2. The second-order valence-corrected chi connectivity index (χ2v) is 4.21. The molecule has 0 aliphatic carbocycles. The van der Waals surface area contributed by atoms with E-state index in [0.29, 0.717) is 16.9 Å². The van der Waals surface area contributed by atoms with Crippen LogP contribution in [-0.4, -0.2) is 26.5 Å². The Morgan fingerprint density at radius 1 is 1.37 bits per heavy atom. The number of anilines is 1. The van der Waals surface area contributed by atoms with E-state index in [1.807, 2.05) is 0 Å². The summed E-state index contributed by atoms with van der Waals surface area (Å²) in [4.78, 5) is 26.7. The molecule has 0 aliphatic rings. The first-order chi connectivity index (χ1) is 8.97. The summed E-state index contributed by atoms with van der Waals surface area (Å²) in [6.07, 6.45) is 3.14. The lowest BCUT2D eigenvalue weighted by atomic mass is 10.1. The topological polar surface area (TPSA) is 84.2 Å². The lowest BCUT2D eigenvalue weighted by Gasteiger charge is -2.07. The number of rotatable bonds is 3. The van der Waals surface area contributed by atoms with Crippen LogP contribution in [0.15, 0.2) is 30.7 Å². The van der Waals surface area contributed by atoms with E-state index in [1.54, 1.807) is 30.8 Å². The van der Waals surface area contributed by atoms with Gasteiger partial charge in [0.1, 0.15) is 5.69 Å². The molecule has 2 aromatic rings. The molecule has 2 rings (SSSR count). The predicted molar refractivity (Wildman–Crippen MR) is 69.3 cm³/mol. The average molecular weight is 259 g/mol. The third kappa shape index (κ3) is 2.79. The van der Waals surface area contributed by atoms with E-state index >= 15 is 0 Å². The van der Waals surface area contributed by atoms with Crippen LogP contribution in [0.1, 0.15) is 26.4 Å². The molecule has 1 amide bonds. The Morgan fingerprint density at radius 2 is 2.11 bits per heavy atom. The molecule has 98 valence electrons. The zero-order valence-corrected chi connectivity index (χ0v) is 10.5. The van der Waals surface area contributed by atoms with Crippen molar-refractivity contribution in [3.63, 3.8) is 0 Å². The fraction of sp³-hybridized carbons (Fsp3) is 0.154. The van der Waals surface area contributed by atoms with Gasteiger partial charge in [0.15, 0.2) is 0 Å². The summed E-state index contributed by atoms with van der Waals surface area (Å²) >= 11 is 0. The van der Waals surface area contributed by atoms with E-state index in [9.17, 15) is 9.59 Å². The van der Waals surface area contributed by atoms with Crippen LogP contribution in [0.5, 0.6) is 0 Å². The molecule has 0 unspecified atom stereocenters. The maximum atomic E-state index is 11.9. The minimum absolute atomic E-state index is 0.188. The Bertz CT molecular complexity index is 646. The third-order valence-electron chi connectivity index (χ3n) is 2.66. The van der Waals surface area contributed by atoms with Crippen molar-refractivity contribution in [1.29, 1.82) is 0 Å². The Balaban J connectivity index is 2.20. The van der Waals surface area contributed by atoms with Gasteiger partial charge in [0.05, 0.1) is 11.9 Å². The van der Waals surface area contributed by atoms with Crippen LogP contribution in [0.25, 0.3) is 0 Å². The molecule has 1 heterocycles. The summed E-state index contributed by atoms with van der Waals surface area (Å²) in [5.41, 5.74) is 1.75. The number of hydrogen-bond acceptors (Lipinski definition) is 3. The van der Waals surface area contributed by atoms with Crippen molar-refractivity contribution in [3.05, 3.63) is 47.5 Å². The number of amides is 1. The minimum Gasteiger partial charge on any atom is -0.478 e. The predicted octanol–water partition coefficient (Wildman–Crippen LogP) is 1.68. The van der Waals surface area contributed by atoms with Crippen molar-refractivity contribution in [1.82, 2.24) is 9.55 Å². The second kappa shape index (κ2) is 4.93. The number of aromatic nitrogens is 2.